The number of rotatable bonds is 6. The van der Waals surface area contributed by atoms with Gasteiger partial charge in [-0.1, -0.05) is 32.4 Å². The van der Waals surface area contributed by atoms with Crippen LogP contribution in [0.3, 0.4) is 0 Å². The van der Waals surface area contributed by atoms with Gasteiger partial charge in [-0.25, -0.2) is 4.79 Å². The summed E-state index contributed by atoms with van der Waals surface area (Å²) >= 11 is 0. The molecule has 0 fully saturated rings. The fraction of sp³-hybridized carbons (Fsp3) is 0.667. The second-order valence-electron chi connectivity index (χ2n) is 2.52. The summed E-state index contributed by atoms with van der Waals surface area (Å²) in [5, 5.41) is 2.64. The fourth-order valence-corrected chi connectivity index (χ4v) is 0.751. The molecule has 0 aromatic rings. The van der Waals surface area contributed by atoms with Crippen molar-refractivity contribution in [3.05, 3.63) is 12.7 Å². The van der Waals surface area contributed by atoms with Crippen molar-refractivity contribution in [2.24, 2.45) is 0 Å². The van der Waals surface area contributed by atoms with Crippen molar-refractivity contribution in [3.63, 3.8) is 0 Å². The molecule has 0 aliphatic rings. The van der Waals surface area contributed by atoms with Gasteiger partial charge in [0.25, 0.3) is 0 Å². The van der Waals surface area contributed by atoms with Gasteiger partial charge in [-0.05, 0) is 6.42 Å². The van der Waals surface area contributed by atoms with Crippen molar-refractivity contribution in [1.29, 1.82) is 0 Å². The molecule has 0 aliphatic carbocycles. The summed E-state index contributed by atoms with van der Waals surface area (Å²) in [6.07, 6.45) is 4.50. The third-order valence-corrected chi connectivity index (χ3v) is 1.38. The molecule has 1 N–H and O–H groups in total. The normalized spacial score (nSPS) is 9.08. The lowest BCUT2D eigenvalue weighted by Crippen LogP contribution is -2.25. The highest BCUT2D eigenvalue weighted by Crippen LogP contribution is 1.91. The van der Waals surface area contributed by atoms with Crippen molar-refractivity contribution in [2.45, 2.75) is 26.2 Å². The average Bonchev–Trinajstić information content (AvgIpc) is 2.09. The van der Waals surface area contributed by atoms with Crippen LogP contribution in [0.25, 0.3) is 0 Å². The number of alkyl carbamates (subject to hydrolysis) is 1. The van der Waals surface area contributed by atoms with Crippen molar-refractivity contribution >= 4 is 6.09 Å². The fourth-order valence-electron chi connectivity index (χ4n) is 0.751. The first-order chi connectivity index (χ1) is 5.81. The summed E-state index contributed by atoms with van der Waals surface area (Å²) in [5.41, 5.74) is 0. The van der Waals surface area contributed by atoms with E-state index in [2.05, 4.69) is 18.8 Å². The molecule has 3 nitrogen and oxygen atoms in total. The minimum atomic E-state index is -0.356. The standard InChI is InChI=1S/C9H17NO2/c1-3-5-6-7-10-9(11)12-8-4-2/h4H,2-3,5-8H2,1H3,(H,10,11). The number of amides is 1. The van der Waals surface area contributed by atoms with E-state index in [0.29, 0.717) is 6.54 Å². The summed E-state index contributed by atoms with van der Waals surface area (Å²) in [7, 11) is 0. The van der Waals surface area contributed by atoms with Crippen LogP contribution in [0, 0.1) is 0 Å². The number of hydrogen-bond acceptors (Lipinski definition) is 2. The van der Waals surface area contributed by atoms with Gasteiger partial charge in [0.15, 0.2) is 0 Å². The first-order valence-electron chi connectivity index (χ1n) is 4.32. The van der Waals surface area contributed by atoms with E-state index < -0.39 is 0 Å². The van der Waals surface area contributed by atoms with Gasteiger partial charge < -0.3 is 10.1 Å². The van der Waals surface area contributed by atoms with Crippen LogP contribution in [0.4, 0.5) is 4.79 Å². The predicted molar refractivity (Wildman–Crippen MR) is 49.1 cm³/mol. The summed E-state index contributed by atoms with van der Waals surface area (Å²) < 4.78 is 4.70. The second-order valence-corrected chi connectivity index (χ2v) is 2.52. The average molecular weight is 171 g/mol. The van der Waals surface area contributed by atoms with Crippen LogP contribution in [0.5, 0.6) is 0 Å². The molecule has 0 unspecified atom stereocenters. The van der Waals surface area contributed by atoms with Gasteiger partial charge in [0.1, 0.15) is 6.61 Å². The van der Waals surface area contributed by atoms with Crippen LogP contribution in [-0.4, -0.2) is 19.2 Å². The van der Waals surface area contributed by atoms with E-state index in [4.69, 9.17) is 4.74 Å². The summed E-state index contributed by atoms with van der Waals surface area (Å²) in [6, 6.07) is 0. The number of carbonyl (C=O) groups excluding carboxylic acids is 1. The Kier molecular flexibility index (Phi) is 7.44. The Morgan fingerprint density at radius 3 is 2.92 bits per heavy atom. The zero-order valence-corrected chi connectivity index (χ0v) is 7.64. The lowest BCUT2D eigenvalue weighted by atomic mass is 10.2. The molecule has 0 heterocycles. The van der Waals surface area contributed by atoms with Gasteiger partial charge in [-0.2, -0.15) is 0 Å². The molecule has 0 bridgehead atoms. The molecule has 0 aromatic heterocycles. The minimum absolute atomic E-state index is 0.277. The maximum Gasteiger partial charge on any atom is 0.407 e. The lowest BCUT2D eigenvalue weighted by Gasteiger charge is -2.03. The topological polar surface area (TPSA) is 38.3 Å². The van der Waals surface area contributed by atoms with Crippen LogP contribution in [-0.2, 0) is 4.74 Å². The number of carbonyl (C=O) groups is 1. The maximum absolute atomic E-state index is 10.8. The molecule has 0 atom stereocenters. The molecular formula is C9H17NO2. The number of nitrogens with one attached hydrogen (secondary N) is 1. The van der Waals surface area contributed by atoms with Crippen molar-refractivity contribution in [1.82, 2.24) is 5.32 Å². The zero-order valence-electron chi connectivity index (χ0n) is 7.64. The van der Waals surface area contributed by atoms with E-state index in [9.17, 15) is 4.79 Å². The Balaban J connectivity index is 3.13. The quantitative estimate of drug-likeness (QED) is 0.491. The molecule has 0 aromatic carbocycles. The van der Waals surface area contributed by atoms with Crippen LogP contribution < -0.4 is 5.32 Å². The van der Waals surface area contributed by atoms with Gasteiger partial charge in [0, 0.05) is 6.54 Å². The molecule has 12 heavy (non-hydrogen) atoms. The first-order valence-corrected chi connectivity index (χ1v) is 4.32. The summed E-state index contributed by atoms with van der Waals surface area (Å²) in [6.45, 7) is 6.53. The van der Waals surface area contributed by atoms with E-state index in [1.165, 1.54) is 0 Å². The van der Waals surface area contributed by atoms with Crippen LogP contribution in [0.1, 0.15) is 26.2 Å². The third kappa shape index (κ3) is 7.12. The number of hydrogen-bond donors (Lipinski definition) is 1. The Morgan fingerprint density at radius 1 is 1.58 bits per heavy atom. The van der Waals surface area contributed by atoms with Crippen molar-refractivity contribution in [2.75, 3.05) is 13.2 Å². The molecule has 0 rings (SSSR count). The molecule has 0 saturated carbocycles. The SMILES string of the molecule is C=CCOC(=O)NCCCCC. The molecular weight excluding hydrogens is 154 g/mol. The third-order valence-electron chi connectivity index (χ3n) is 1.38. The van der Waals surface area contributed by atoms with Crippen LogP contribution in [0.15, 0.2) is 12.7 Å². The van der Waals surface area contributed by atoms with E-state index in [1.807, 2.05) is 0 Å². The van der Waals surface area contributed by atoms with E-state index in [-0.39, 0.29) is 12.7 Å². The molecule has 0 spiro atoms. The van der Waals surface area contributed by atoms with Gasteiger partial charge in [0.05, 0.1) is 0 Å². The second kappa shape index (κ2) is 8.11. The van der Waals surface area contributed by atoms with E-state index >= 15 is 0 Å². The Hall–Kier alpha value is -0.990. The summed E-state index contributed by atoms with van der Waals surface area (Å²) in [4.78, 5) is 10.8. The van der Waals surface area contributed by atoms with Crippen LogP contribution >= 0.6 is 0 Å². The monoisotopic (exact) mass is 171 g/mol. The van der Waals surface area contributed by atoms with Gasteiger partial charge in [0.2, 0.25) is 0 Å². The highest BCUT2D eigenvalue weighted by Gasteiger charge is 1.97. The Morgan fingerprint density at radius 2 is 2.33 bits per heavy atom. The van der Waals surface area contributed by atoms with Gasteiger partial charge >= 0.3 is 6.09 Å². The smallest absolute Gasteiger partial charge is 0.407 e. The zero-order chi connectivity index (χ0) is 9.23. The largest absolute Gasteiger partial charge is 0.445 e. The first kappa shape index (κ1) is 11.0. The highest BCUT2D eigenvalue weighted by atomic mass is 16.5. The molecule has 0 radical (unpaired) electrons. The van der Waals surface area contributed by atoms with E-state index in [0.717, 1.165) is 19.3 Å². The molecule has 1 amide bonds. The number of ether oxygens (including phenoxy) is 1. The van der Waals surface area contributed by atoms with Crippen molar-refractivity contribution < 1.29 is 9.53 Å². The maximum atomic E-state index is 10.8. The molecule has 70 valence electrons. The molecule has 0 aliphatic heterocycles. The van der Waals surface area contributed by atoms with Crippen LogP contribution in [0.2, 0.25) is 0 Å². The molecule has 0 saturated heterocycles. The Bertz CT molecular complexity index is 134. The van der Waals surface area contributed by atoms with Gasteiger partial charge in [-0.15, -0.1) is 0 Å². The predicted octanol–water partition coefficient (Wildman–Crippen LogP) is 2.09. The highest BCUT2D eigenvalue weighted by molar-refractivity contribution is 5.67. The summed E-state index contributed by atoms with van der Waals surface area (Å²) in [5.74, 6) is 0. The minimum Gasteiger partial charge on any atom is -0.445 e. The lowest BCUT2D eigenvalue weighted by molar-refractivity contribution is 0.158. The Labute approximate surface area is 73.8 Å². The number of unbranched alkanes of at least 4 members (excludes halogenated alkanes) is 2. The van der Waals surface area contributed by atoms with Gasteiger partial charge in [-0.3, -0.25) is 0 Å². The molecule has 3 heteroatoms. The van der Waals surface area contributed by atoms with E-state index in [1.54, 1.807) is 6.08 Å². The van der Waals surface area contributed by atoms with Crippen molar-refractivity contribution in [3.8, 4) is 0 Å².